The Labute approximate surface area is 117 Å². The van der Waals surface area contributed by atoms with Crippen molar-refractivity contribution >= 4 is 5.97 Å². The molecule has 0 aliphatic carbocycles. The van der Waals surface area contributed by atoms with E-state index < -0.39 is 0 Å². The Morgan fingerprint density at radius 3 is 2.89 bits per heavy atom. The Bertz CT molecular complexity index is 292. The summed E-state index contributed by atoms with van der Waals surface area (Å²) in [5, 5.41) is 3.35. The van der Waals surface area contributed by atoms with Crippen LogP contribution in [0.4, 0.5) is 0 Å². The van der Waals surface area contributed by atoms with Crippen LogP contribution in [0.5, 0.6) is 0 Å². The van der Waals surface area contributed by atoms with Gasteiger partial charge in [-0.15, -0.1) is 0 Å². The second-order valence-electron chi connectivity index (χ2n) is 5.16. The summed E-state index contributed by atoms with van der Waals surface area (Å²) < 4.78 is 5.17. The molecule has 0 radical (unpaired) electrons. The Balaban J connectivity index is 2.43. The first-order valence-corrected chi connectivity index (χ1v) is 7.47. The van der Waals surface area contributed by atoms with Crippen molar-refractivity contribution in [3.8, 4) is 0 Å². The van der Waals surface area contributed by atoms with Gasteiger partial charge in [-0.05, 0) is 44.8 Å². The molecule has 0 aromatic heterocycles. The number of likely N-dealkylation sites (tertiary alicyclic amines) is 1. The normalized spacial score (nSPS) is 20.2. The van der Waals surface area contributed by atoms with E-state index in [0.29, 0.717) is 6.61 Å². The number of hydrogen-bond acceptors (Lipinski definition) is 4. The third kappa shape index (κ3) is 5.74. The van der Waals surface area contributed by atoms with E-state index in [0.717, 1.165) is 57.4 Å². The first-order chi connectivity index (χ1) is 9.19. The van der Waals surface area contributed by atoms with E-state index in [-0.39, 0.29) is 12.0 Å². The fraction of sp³-hybridized carbons (Fsp3) is 0.800. The number of ether oxygens (including phenoxy) is 1. The first kappa shape index (κ1) is 16.2. The summed E-state index contributed by atoms with van der Waals surface area (Å²) >= 11 is 0. The monoisotopic (exact) mass is 268 g/mol. The SMILES string of the molecule is C=C(CNCCC)CN1CCCCC1C(=O)OCC. The van der Waals surface area contributed by atoms with E-state index in [4.69, 9.17) is 4.74 Å². The largest absolute Gasteiger partial charge is 0.465 e. The Morgan fingerprint density at radius 2 is 2.21 bits per heavy atom. The van der Waals surface area contributed by atoms with E-state index in [1.807, 2.05) is 6.92 Å². The molecule has 1 aliphatic heterocycles. The minimum Gasteiger partial charge on any atom is -0.465 e. The zero-order chi connectivity index (χ0) is 14.1. The molecule has 0 amide bonds. The van der Waals surface area contributed by atoms with Gasteiger partial charge in [-0.3, -0.25) is 9.69 Å². The molecule has 1 rings (SSSR count). The summed E-state index contributed by atoms with van der Waals surface area (Å²) in [6.07, 6.45) is 4.31. The van der Waals surface area contributed by atoms with Crippen LogP contribution in [0.15, 0.2) is 12.2 Å². The maximum Gasteiger partial charge on any atom is 0.323 e. The molecule has 0 aromatic carbocycles. The summed E-state index contributed by atoms with van der Waals surface area (Å²) in [5.41, 5.74) is 1.14. The van der Waals surface area contributed by atoms with Gasteiger partial charge >= 0.3 is 5.97 Å². The molecule has 1 saturated heterocycles. The van der Waals surface area contributed by atoms with Crippen LogP contribution in [0, 0.1) is 0 Å². The molecule has 110 valence electrons. The molecule has 19 heavy (non-hydrogen) atoms. The molecule has 0 spiro atoms. The lowest BCUT2D eigenvalue weighted by molar-refractivity contribution is -0.150. The summed E-state index contributed by atoms with van der Waals surface area (Å²) in [6, 6.07) is -0.0726. The van der Waals surface area contributed by atoms with Crippen LogP contribution in [-0.4, -0.2) is 49.7 Å². The standard InChI is InChI=1S/C15H28N2O2/c1-4-9-16-11-13(3)12-17-10-7-6-8-14(17)15(18)19-5-2/h14,16H,3-12H2,1-2H3. The van der Waals surface area contributed by atoms with Gasteiger partial charge in [-0.2, -0.15) is 0 Å². The highest BCUT2D eigenvalue weighted by Gasteiger charge is 2.29. The van der Waals surface area contributed by atoms with E-state index in [2.05, 4.69) is 23.7 Å². The molecule has 4 nitrogen and oxygen atoms in total. The molecule has 0 saturated carbocycles. The van der Waals surface area contributed by atoms with Gasteiger partial charge in [0.05, 0.1) is 6.61 Å². The third-order valence-corrected chi connectivity index (χ3v) is 3.40. The van der Waals surface area contributed by atoms with Crippen molar-refractivity contribution in [1.29, 1.82) is 0 Å². The molecule has 4 heteroatoms. The number of carbonyl (C=O) groups excluding carboxylic acids is 1. The van der Waals surface area contributed by atoms with E-state index in [9.17, 15) is 4.79 Å². The maximum absolute atomic E-state index is 11.9. The minimum absolute atomic E-state index is 0.0726. The highest BCUT2D eigenvalue weighted by Crippen LogP contribution is 2.19. The van der Waals surface area contributed by atoms with Crippen molar-refractivity contribution in [3.05, 3.63) is 12.2 Å². The zero-order valence-corrected chi connectivity index (χ0v) is 12.4. The zero-order valence-electron chi connectivity index (χ0n) is 12.4. The van der Waals surface area contributed by atoms with Crippen molar-refractivity contribution in [2.24, 2.45) is 0 Å². The van der Waals surface area contributed by atoms with E-state index >= 15 is 0 Å². The van der Waals surface area contributed by atoms with Crippen LogP contribution in [0.25, 0.3) is 0 Å². The lowest BCUT2D eigenvalue weighted by Gasteiger charge is -2.34. The number of piperidine rings is 1. The van der Waals surface area contributed by atoms with Crippen molar-refractivity contribution in [1.82, 2.24) is 10.2 Å². The smallest absolute Gasteiger partial charge is 0.323 e. The number of rotatable bonds is 8. The molecule has 1 aliphatic rings. The van der Waals surface area contributed by atoms with E-state index in [1.165, 1.54) is 0 Å². The summed E-state index contributed by atoms with van der Waals surface area (Å²) in [6.45, 7) is 12.2. The number of hydrogen-bond donors (Lipinski definition) is 1. The molecule has 0 aromatic rings. The van der Waals surface area contributed by atoms with Crippen LogP contribution < -0.4 is 5.32 Å². The Hall–Kier alpha value is -0.870. The number of nitrogens with zero attached hydrogens (tertiary/aromatic N) is 1. The van der Waals surface area contributed by atoms with Gasteiger partial charge in [0.2, 0.25) is 0 Å². The molecular weight excluding hydrogens is 240 g/mol. The first-order valence-electron chi connectivity index (χ1n) is 7.47. The fourth-order valence-corrected chi connectivity index (χ4v) is 2.47. The van der Waals surface area contributed by atoms with Crippen LogP contribution in [0.2, 0.25) is 0 Å². The lowest BCUT2D eigenvalue weighted by Crippen LogP contribution is -2.46. The minimum atomic E-state index is -0.0727. The van der Waals surface area contributed by atoms with Crippen LogP contribution in [-0.2, 0) is 9.53 Å². The maximum atomic E-state index is 11.9. The van der Waals surface area contributed by atoms with Gasteiger partial charge in [0.1, 0.15) is 6.04 Å². The lowest BCUT2D eigenvalue weighted by atomic mass is 10.0. The Kier molecular flexibility index (Phi) is 7.75. The van der Waals surface area contributed by atoms with Crippen LogP contribution in [0.3, 0.4) is 0 Å². The molecule has 1 unspecified atom stereocenters. The average molecular weight is 268 g/mol. The molecule has 1 atom stereocenters. The summed E-state index contributed by atoms with van der Waals surface area (Å²) in [5.74, 6) is -0.0727. The number of carbonyl (C=O) groups is 1. The molecule has 0 bridgehead atoms. The molecule has 1 fully saturated rings. The number of nitrogens with one attached hydrogen (secondary N) is 1. The predicted octanol–water partition coefficient (Wildman–Crippen LogP) is 1.96. The summed E-state index contributed by atoms with van der Waals surface area (Å²) in [7, 11) is 0. The Morgan fingerprint density at radius 1 is 1.42 bits per heavy atom. The number of esters is 1. The van der Waals surface area contributed by atoms with Gasteiger partial charge in [0.15, 0.2) is 0 Å². The molecule has 1 N–H and O–H groups in total. The van der Waals surface area contributed by atoms with Crippen molar-refractivity contribution in [2.75, 3.05) is 32.8 Å². The van der Waals surface area contributed by atoms with Crippen LogP contribution >= 0.6 is 0 Å². The topological polar surface area (TPSA) is 41.6 Å². The van der Waals surface area contributed by atoms with Crippen LogP contribution in [0.1, 0.15) is 39.5 Å². The van der Waals surface area contributed by atoms with Gasteiger partial charge in [-0.25, -0.2) is 0 Å². The average Bonchev–Trinajstić information content (AvgIpc) is 2.40. The highest BCUT2D eigenvalue weighted by atomic mass is 16.5. The van der Waals surface area contributed by atoms with Crippen molar-refractivity contribution in [2.45, 2.75) is 45.6 Å². The summed E-state index contributed by atoms with van der Waals surface area (Å²) in [4.78, 5) is 14.2. The molecule has 1 heterocycles. The van der Waals surface area contributed by atoms with Gasteiger partial charge < -0.3 is 10.1 Å². The van der Waals surface area contributed by atoms with Crippen molar-refractivity contribution < 1.29 is 9.53 Å². The van der Waals surface area contributed by atoms with Crippen molar-refractivity contribution in [3.63, 3.8) is 0 Å². The molecular formula is C15H28N2O2. The predicted molar refractivity (Wildman–Crippen MR) is 78.1 cm³/mol. The van der Waals surface area contributed by atoms with Gasteiger partial charge in [-0.1, -0.05) is 19.9 Å². The fourth-order valence-electron chi connectivity index (χ4n) is 2.47. The van der Waals surface area contributed by atoms with Gasteiger partial charge in [0.25, 0.3) is 0 Å². The van der Waals surface area contributed by atoms with Gasteiger partial charge in [0, 0.05) is 13.1 Å². The quantitative estimate of drug-likeness (QED) is 0.415. The second kappa shape index (κ2) is 9.10. The second-order valence-corrected chi connectivity index (χ2v) is 5.16. The highest BCUT2D eigenvalue weighted by molar-refractivity contribution is 5.75. The third-order valence-electron chi connectivity index (χ3n) is 3.40. The van der Waals surface area contributed by atoms with E-state index in [1.54, 1.807) is 0 Å².